The van der Waals surface area contributed by atoms with Gasteiger partial charge in [0.25, 0.3) is 5.91 Å². The van der Waals surface area contributed by atoms with Crippen LogP contribution in [0.15, 0.2) is 76.5 Å². The molecule has 3 aromatic rings. The lowest BCUT2D eigenvalue weighted by Gasteiger charge is -2.44. The summed E-state index contributed by atoms with van der Waals surface area (Å²) < 4.78 is 0. The van der Waals surface area contributed by atoms with Crippen LogP contribution in [0.2, 0.25) is 0 Å². The number of β-lactam (4-membered cyclic amide) rings is 1. The second-order valence-electron chi connectivity index (χ2n) is 8.91. The lowest BCUT2D eigenvalue weighted by Crippen LogP contribution is -2.63. The van der Waals surface area contributed by atoms with E-state index >= 15 is 0 Å². The van der Waals surface area contributed by atoms with Gasteiger partial charge >= 0.3 is 0 Å². The van der Waals surface area contributed by atoms with Crippen LogP contribution in [0.5, 0.6) is 0 Å². The Hall–Kier alpha value is -3.33. The number of halogens is 1. The quantitative estimate of drug-likeness (QED) is 0.286. The molecule has 7 nitrogen and oxygen atoms in total. The van der Waals surface area contributed by atoms with Crippen molar-refractivity contribution in [3.63, 3.8) is 0 Å². The van der Waals surface area contributed by atoms with Crippen LogP contribution < -0.4 is 15.2 Å². The van der Waals surface area contributed by atoms with Crippen molar-refractivity contribution in [2.24, 2.45) is 0 Å². The molecule has 2 atom stereocenters. The number of nitrogens with one attached hydrogen (secondary N) is 1. The predicted octanol–water partition coefficient (Wildman–Crippen LogP) is 4.78. The molecule has 1 saturated heterocycles. The highest BCUT2D eigenvalue weighted by Crippen LogP contribution is 2.48. The molecule has 3 aromatic carbocycles. The van der Waals surface area contributed by atoms with Crippen molar-refractivity contribution in [3.05, 3.63) is 77.9 Å². The zero-order valence-electron chi connectivity index (χ0n) is 20.1. The highest BCUT2D eigenvalue weighted by molar-refractivity contribution is 7.99. The van der Waals surface area contributed by atoms with Gasteiger partial charge in [0.05, 0.1) is 24.0 Å². The number of carbonyl (C=O) groups is 3. The van der Waals surface area contributed by atoms with E-state index in [-0.39, 0.29) is 30.2 Å². The molecular formula is C27H25ClN4O3S. The Labute approximate surface area is 219 Å². The number of Topliss-reactive ketones (excluding diaryl/α,β-unsaturated/α-hetero) is 1. The predicted molar refractivity (Wildman–Crippen MR) is 142 cm³/mol. The van der Waals surface area contributed by atoms with Gasteiger partial charge in [-0.15, -0.1) is 11.6 Å². The van der Waals surface area contributed by atoms with Gasteiger partial charge in [0, 0.05) is 35.1 Å². The highest BCUT2D eigenvalue weighted by Gasteiger charge is 2.47. The number of hydrazine groups is 1. The molecule has 0 bridgehead atoms. The third-order valence-electron chi connectivity index (χ3n) is 6.36. The average molecular weight is 521 g/mol. The fourth-order valence-electron chi connectivity index (χ4n) is 4.39. The summed E-state index contributed by atoms with van der Waals surface area (Å²) in [5.74, 6) is -0.605. The number of para-hydroxylation sites is 1. The molecule has 1 N–H and O–H groups in total. The molecular weight excluding hydrogens is 496 g/mol. The number of carbonyl (C=O) groups excluding carboxylic acids is 3. The van der Waals surface area contributed by atoms with Crippen LogP contribution in [0.4, 0.5) is 17.1 Å². The zero-order chi connectivity index (χ0) is 25.6. The van der Waals surface area contributed by atoms with Crippen molar-refractivity contribution in [3.8, 4) is 0 Å². The van der Waals surface area contributed by atoms with E-state index in [1.165, 1.54) is 11.9 Å². The molecule has 2 amide bonds. The number of rotatable bonds is 6. The fourth-order valence-corrected chi connectivity index (χ4v) is 5.79. The summed E-state index contributed by atoms with van der Waals surface area (Å²) in [4.78, 5) is 43.6. The minimum atomic E-state index is -0.705. The van der Waals surface area contributed by atoms with Crippen LogP contribution in [-0.4, -0.2) is 48.6 Å². The Balaban J connectivity index is 1.39. The molecule has 5 rings (SSSR count). The second kappa shape index (κ2) is 9.61. The van der Waals surface area contributed by atoms with E-state index < -0.39 is 5.38 Å². The SMILES string of the molecule is CC(=O)c1ccc2c(c1)N(C(=O)CNN1C(=O)C(Cl)C1c1ccc(N(C)C)cc1)c1ccccc1S2. The van der Waals surface area contributed by atoms with Gasteiger partial charge in [-0.25, -0.2) is 5.43 Å². The highest BCUT2D eigenvalue weighted by atomic mass is 35.5. The first-order chi connectivity index (χ1) is 17.3. The number of ketones is 1. The second-order valence-corrected chi connectivity index (χ2v) is 10.5. The number of amides is 2. The number of anilines is 3. The van der Waals surface area contributed by atoms with Gasteiger partial charge in [0.2, 0.25) is 5.91 Å². The first kappa shape index (κ1) is 24.4. The third kappa shape index (κ3) is 4.25. The van der Waals surface area contributed by atoms with E-state index in [1.54, 1.807) is 28.8 Å². The van der Waals surface area contributed by atoms with Crippen molar-refractivity contribution in [2.45, 2.75) is 28.1 Å². The van der Waals surface area contributed by atoms with Gasteiger partial charge in [-0.05, 0) is 48.9 Å². The normalized spacial score (nSPS) is 18.3. The number of hydrogen-bond acceptors (Lipinski definition) is 6. The minimum absolute atomic E-state index is 0.0744. The monoisotopic (exact) mass is 520 g/mol. The van der Waals surface area contributed by atoms with Crippen LogP contribution >= 0.6 is 23.4 Å². The molecule has 0 aliphatic carbocycles. The van der Waals surface area contributed by atoms with E-state index in [0.29, 0.717) is 11.3 Å². The molecule has 2 heterocycles. The van der Waals surface area contributed by atoms with Crippen LogP contribution in [0.3, 0.4) is 0 Å². The Morgan fingerprint density at radius 3 is 2.39 bits per heavy atom. The largest absolute Gasteiger partial charge is 0.378 e. The summed E-state index contributed by atoms with van der Waals surface area (Å²) in [6, 6.07) is 20.5. The molecule has 1 fully saturated rings. The van der Waals surface area contributed by atoms with Gasteiger partial charge < -0.3 is 4.90 Å². The molecule has 184 valence electrons. The van der Waals surface area contributed by atoms with Gasteiger partial charge in [0.1, 0.15) is 5.38 Å². The lowest BCUT2D eigenvalue weighted by molar-refractivity contribution is -0.151. The Kier molecular flexibility index (Phi) is 6.51. The summed E-state index contributed by atoms with van der Waals surface area (Å²) in [7, 11) is 3.92. The van der Waals surface area contributed by atoms with Crippen LogP contribution in [0.25, 0.3) is 0 Å². The average Bonchev–Trinajstić information content (AvgIpc) is 2.88. The van der Waals surface area contributed by atoms with Gasteiger partial charge in [0.15, 0.2) is 5.78 Å². The van der Waals surface area contributed by atoms with Crippen LogP contribution in [0, 0.1) is 0 Å². The molecule has 0 spiro atoms. The number of alkyl halides is 1. The topological polar surface area (TPSA) is 73.0 Å². The van der Waals surface area contributed by atoms with Crippen molar-refractivity contribution in [1.82, 2.24) is 10.4 Å². The van der Waals surface area contributed by atoms with Gasteiger partial charge in [-0.1, -0.05) is 42.1 Å². The zero-order valence-corrected chi connectivity index (χ0v) is 21.6. The maximum absolute atomic E-state index is 13.6. The molecule has 2 aliphatic rings. The van der Waals surface area contributed by atoms with E-state index in [4.69, 9.17) is 11.6 Å². The first-order valence-corrected chi connectivity index (χ1v) is 12.7. The van der Waals surface area contributed by atoms with Crippen molar-refractivity contribution < 1.29 is 14.4 Å². The molecule has 2 aliphatic heterocycles. The van der Waals surface area contributed by atoms with E-state index in [1.807, 2.05) is 73.6 Å². The standard InChI is InChI=1S/C27H25ClN4O3S/c1-16(33)18-10-13-23-21(14-18)31(20-6-4-5-7-22(20)36-23)24(34)15-29-32-26(25(28)27(32)35)17-8-11-19(12-9-17)30(2)3/h4-14,25-26,29H,15H2,1-3H3. The number of nitrogens with zero attached hydrogens (tertiary/aromatic N) is 3. The Morgan fingerprint density at radius 2 is 1.69 bits per heavy atom. The molecule has 0 saturated carbocycles. The maximum Gasteiger partial charge on any atom is 0.257 e. The molecule has 0 radical (unpaired) electrons. The smallest absolute Gasteiger partial charge is 0.257 e. The van der Waals surface area contributed by atoms with Gasteiger partial charge in [-0.3, -0.25) is 24.3 Å². The number of benzene rings is 3. The number of hydrogen-bond donors (Lipinski definition) is 1. The number of fused-ring (bicyclic) bond motifs is 2. The van der Waals surface area contributed by atoms with Crippen molar-refractivity contribution in [2.75, 3.05) is 30.4 Å². The van der Waals surface area contributed by atoms with E-state index in [2.05, 4.69) is 5.43 Å². The summed E-state index contributed by atoms with van der Waals surface area (Å²) in [5.41, 5.74) is 6.85. The van der Waals surface area contributed by atoms with Crippen LogP contribution in [0.1, 0.15) is 28.9 Å². The fraction of sp³-hybridized carbons (Fsp3) is 0.222. The van der Waals surface area contributed by atoms with E-state index in [9.17, 15) is 14.4 Å². The summed E-state index contributed by atoms with van der Waals surface area (Å²) in [6.07, 6.45) is 0. The molecule has 2 unspecified atom stereocenters. The molecule has 36 heavy (non-hydrogen) atoms. The lowest BCUT2D eigenvalue weighted by atomic mass is 9.95. The summed E-state index contributed by atoms with van der Waals surface area (Å²) in [6.45, 7) is 1.38. The Morgan fingerprint density at radius 1 is 1.00 bits per heavy atom. The van der Waals surface area contributed by atoms with Crippen molar-refractivity contribution >= 4 is 58.0 Å². The first-order valence-electron chi connectivity index (χ1n) is 11.5. The molecule has 9 heteroatoms. The van der Waals surface area contributed by atoms with E-state index in [0.717, 1.165) is 26.7 Å². The minimum Gasteiger partial charge on any atom is -0.378 e. The van der Waals surface area contributed by atoms with Crippen LogP contribution in [-0.2, 0) is 9.59 Å². The maximum atomic E-state index is 13.6. The summed E-state index contributed by atoms with van der Waals surface area (Å²) >= 11 is 7.92. The molecule has 0 aromatic heterocycles. The van der Waals surface area contributed by atoms with Crippen molar-refractivity contribution in [1.29, 1.82) is 0 Å². The third-order valence-corrected chi connectivity index (χ3v) is 7.92. The van der Waals surface area contributed by atoms with Gasteiger partial charge in [-0.2, -0.15) is 0 Å². The Bertz CT molecular complexity index is 1360. The summed E-state index contributed by atoms with van der Waals surface area (Å²) in [5, 5.41) is 0.723.